The highest BCUT2D eigenvalue weighted by atomic mass is 79.9. The number of carbonyl (C=O) groups is 1. The third-order valence-electron chi connectivity index (χ3n) is 2.40. The second kappa shape index (κ2) is 7.75. The summed E-state index contributed by atoms with van der Waals surface area (Å²) < 4.78 is 5.54. The maximum atomic E-state index is 11.6. The largest absolute Gasteiger partial charge is 0.409 e. The summed E-state index contributed by atoms with van der Waals surface area (Å²) in [5.41, 5.74) is 6.67. The van der Waals surface area contributed by atoms with Crippen LogP contribution < -0.4 is 11.1 Å². The zero-order valence-corrected chi connectivity index (χ0v) is 12.1. The number of nitrogens with zero attached hydrogens (tertiary/aromatic N) is 1. The van der Waals surface area contributed by atoms with E-state index in [1.54, 1.807) is 25.3 Å². The van der Waals surface area contributed by atoms with Gasteiger partial charge in [-0.2, -0.15) is 0 Å². The first kappa shape index (κ1) is 15.5. The van der Waals surface area contributed by atoms with Crippen molar-refractivity contribution >= 4 is 33.4 Å². The van der Waals surface area contributed by atoms with Gasteiger partial charge in [-0.15, -0.1) is 0 Å². The van der Waals surface area contributed by atoms with Crippen LogP contribution in [-0.2, 0) is 9.53 Å². The molecule has 0 atom stereocenters. The highest BCUT2D eigenvalue weighted by Gasteiger charge is 2.08. The van der Waals surface area contributed by atoms with Crippen LogP contribution in [0.1, 0.15) is 18.4 Å². The molecular weight excluding hydrogens is 314 g/mol. The number of nitrogens with two attached hydrogens (primary N) is 1. The Balaban J connectivity index is 2.67. The van der Waals surface area contributed by atoms with E-state index in [0.717, 1.165) is 0 Å². The predicted molar refractivity (Wildman–Crippen MR) is 76.4 cm³/mol. The number of nitrogens with one attached hydrogen (secondary N) is 1. The van der Waals surface area contributed by atoms with Crippen molar-refractivity contribution in [2.45, 2.75) is 12.8 Å². The molecule has 0 fully saturated rings. The number of amidine groups is 1. The number of hydrogen-bond donors (Lipinski definition) is 3. The minimum absolute atomic E-state index is 0.0127. The summed E-state index contributed by atoms with van der Waals surface area (Å²) in [6.07, 6.45) is 1.06. The molecular formula is C12H16BrN3O3. The van der Waals surface area contributed by atoms with Crippen molar-refractivity contribution < 1.29 is 14.7 Å². The molecule has 0 bridgehead atoms. The topological polar surface area (TPSA) is 96.9 Å². The van der Waals surface area contributed by atoms with Gasteiger partial charge in [-0.1, -0.05) is 5.16 Å². The highest BCUT2D eigenvalue weighted by molar-refractivity contribution is 9.10. The average Bonchev–Trinajstić information content (AvgIpc) is 2.40. The third-order valence-corrected chi connectivity index (χ3v) is 3.06. The number of halogens is 1. The zero-order valence-electron chi connectivity index (χ0n) is 10.5. The maximum Gasteiger partial charge on any atom is 0.224 e. The van der Waals surface area contributed by atoms with Gasteiger partial charge in [0.25, 0.3) is 0 Å². The molecule has 0 radical (unpaired) electrons. The van der Waals surface area contributed by atoms with E-state index in [1.165, 1.54) is 0 Å². The summed E-state index contributed by atoms with van der Waals surface area (Å²) in [5, 5.41) is 14.3. The summed E-state index contributed by atoms with van der Waals surface area (Å²) >= 11 is 3.32. The number of anilines is 1. The minimum atomic E-state index is -0.0886. The first-order chi connectivity index (χ1) is 9.08. The summed E-state index contributed by atoms with van der Waals surface area (Å²) in [4.78, 5) is 11.6. The van der Waals surface area contributed by atoms with Crippen LogP contribution in [0.5, 0.6) is 0 Å². The molecule has 0 saturated carbocycles. The molecule has 4 N–H and O–H groups in total. The minimum Gasteiger partial charge on any atom is -0.409 e. The van der Waals surface area contributed by atoms with Crippen molar-refractivity contribution in [3.05, 3.63) is 28.2 Å². The van der Waals surface area contributed by atoms with Gasteiger partial charge in [0.05, 0.1) is 5.69 Å². The fraction of sp³-hybridized carbons (Fsp3) is 0.333. The van der Waals surface area contributed by atoms with Gasteiger partial charge in [0.1, 0.15) is 0 Å². The lowest BCUT2D eigenvalue weighted by Gasteiger charge is -2.08. The Bertz CT molecular complexity index is 477. The monoisotopic (exact) mass is 329 g/mol. The fourth-order valence-electron chi connectivity index (χ4n) is 1.42. The Hall–Kier alpha value is -1.60. The SMILES string of the molecule is COCCCC(=O)Nc1ccc(/C(N)=N/O)cc1Br. The predicted octanol–water partition coefficient (Wildman–Crippen LogP) is 1.91. The number of rotatable bonds is 6. The van der Waals surface area contributed by atoms with Crippen LogP contribution in [0, 0.1) is 0 Å². The molecule has 0 spiro atoms. The van der Waals surface area contributed by atoms with Gasteiger partial charge < -0.3 is 21.0 Å². The second-order valence-corrected chi connectivity index (χ2v) is 4.68. The van der Waals surface area contributed by atoms with Crippen LogP contribution in [0.15, 0.2) is 27.8 Å². The molecule has 0 aliphatic carbocycles. The van der Waals surface area contributed by atoms with E-state index < -0.39 is 0 Å². The zero-order chi connectivity index (χ0) is 14.3. The van der Waals surface area contributed by atoms with Crippen molar-refractivity contribution in [3.8, 4) is 0 Å². The molecule has 0 aliphatic rings. The molecule has 1 rings (SSSR count). The fourth-order valence-corrected chi connectivity index (χ4v) is 1.90. The lowest BCUT2D eigenvalue weighted by Crippen LogP contribution is -2.15. The second-order valence-electron chi connectivity index (χ2n) is 3.82. The molecule has 0 unspecified atom stereocenters. The molecule has 0 aromatic heterocycles. The van der Waals surface area contributed by atoms with E-state index in [0.29, 0.717) is 35.2 Å². The number of benzene rings is 1. The van der Waals surface area contributed by atoms with Crippen LogP contribution in [-0.4, -0.2) is 30.7 Å². The summed E-state index contributed by atoms with van der Waals surface area (Å²) in [6.45, 7) is 0.553. The van der Waals surface area contributed by atoms with Gasteiger partial charge in [0.15, 0.2) is 5.84 Å². The molecule has 1 aromatic carbocycles. The van der Waals surface area contributed by atoms with Crippen molar-refractivity contribution in [2.75, 3.05) is 19.0 Å². The number of oxime groups is 1. The standard InChI is InChI=1S/C12H16BrN3O3/c1-19-6-2-3-11(17)15-10-5-4-8(7-9(10)13)12(14)16-18/h4-5,7,18H,2-3,6H2,1H3,(H2,14,16)(H,15,17). The third kappa shape index (κ3) is 4.88. The van der Waals surface area contributed by atoms with Crippen molar-refractivity contribution in [3.63, 3.8) is 0 Å². The molecule has 7 heteroatoms. The molecule has 0 aliphatic heterocycles. The molecule has 0 heterocycles. The Labute approximate surface area is 119 Å². The maximum absolute atomic E-state index is 11.6. The number of ether oxygens (including phenoxy) is 1. The van der Waals surface area contributed by atoms with Crippen LogP contribution in [0.25, 0.3) is 0 Å². The van der Waals surface area contributed by atoms with Crippen LogP contribution in [0.3, 0.4) is 0 Å². The Morgan fingerprint density at radius 3 is 2.89 bits per heavy atom. The summed E-state index contributed by atoms with van der Waals surface area (Å²) in [5.74, 6) is -0.0760. The average molecular weight is 330 g/mol. The van der Waals surface area contributed by atoms with Crippen molar-refractivity contribution in [1.82, 2.24) is 0 Å². The van der Waals surface area contributed by atoms with Crippen LogP contribution >= 0.6 is 15.9 Å². The molecule has 1 aromatic rings. The Kier molecular flexibility index (Phi) is 6.31. The van der Waals surface area contributed by atoms with Crippen LogP contribution in [0.2, 0.25) is 0 Å². The van der Waals surface area contributed by atoms with Gasteiger partial charge in [-0.05, 0) is 40.5 Å². The molecule has 0 saturated heterocycles. The number of hydrogen-bond acceptors (Lipinski definition) is 4. The highest BCUT2D eigenvalue weighted by Crippen LogP contribution is 2.23. The van der Waals surface area contributed by atoms with E-state index in [9.17, 15) is 4.79 Å². The van der Waals surface area contributed by atoms with E-state index in [-0.39, 0.29) is 11.7 Å². The van der Waals surface area contributed by atoms with Gasteiger partial charge in [0.2, 0.25) is 5.91 Å². The molecule has 6 nitrogen and oxygen atoms in total. The van der Waals surface area contributed by atoms with Crippen LogP contribution in [0.4, 0.5) is 5.69 Å². The van der Waals surface area contributed by atoms with E-state index in [1.807, 2.05) is 0 Å². The van der Waals surface area contributed by atoms with Gasteiger partial charge in [-0.25, -0.2) is 0 Å². The number of methoxy groups -OCH3 is 1. The van der Waals surface area contributed by atoms with Gasteiger partial charge in [0, 0.05) is 30.2 Å². The van der Waals surface area contributed by atoms with E-state index in [2.05, 4.69) is 26.4 Å². The van der Waals surface area contributed by atoms with Gasteiger partial charge in [-0.3, -0.25) is 4.79 Å². The Morgan fingerprint density at radius 1 is 1.58 bits per heavy atom. The van der Waals surface area contributed by atoms with Gasteiger partial charge >= 0.3 is 0 Å². The molecule has 1 amide bonds. The normalized spacial score (nSPS) is 11.4. The first-order valence-electron chi connectivity index (χ1n) is 5.64. The first-order valence-corrected chi connectivity index (χ1v) is 6.44. The lowest BCUT2D eigenvalue weighted by molar-refractivity contribution is -0.116. The quantitative estimate of drug-likeness (QED) is 0.244. The smallest absolute Gasteiger partial charge is 0.224 e. The molecule has 19 heavy (non-hydrogen) atoms. The van der Waals surface area contributed by atoms with E-state index in [4.69, 9.17) is 15.7 Å². The number of carbonyl (C=O) groups excluding carboxylic acids is 1. The van der Waals surface area contributed by atoms with E-state index >= 15 is 0 Å². The Morgan fingerprint density at radius 2 is 2.32 bits per heavy atom. The molecule has 104 valence electrons. The lowest BCUT2D eigenvalue weighted by atomic mass is 10.2. The summed E-state index contributed by atoms with van der Waals surface area (Å²) in [6, 6.07) is 5.01. The van der Waals surface area contributed by atoms with Crippen molar-refractivity contribution in [2.24, 2.45) is 10.9 Å². The summed E-state index contributed by atoms with van der Waals surface area (Å²) in [7, 11) is 1.60. The number of amides is 1. The van der Waals surface area contributed by atoms with Crippen molar-refractivity contribution in [1.29, 1.82) is 0 Å².